The molecule has 1 aliphatic carbocycles. The minimum atomic E-state index is 0.740. The molecule has 0 fully saturated rings. The molecule has 0 aromatic heterocycles. The summed E-state index contributed by atoms with van der Waals surface area (Å²) in [4.78, 5) is 0. The number of hydrogen-bond acceptors (Lipinski definition) is 0. The molecule has 0 aromatic carbocycles. The Morgan fingerprint density at radius 2 is 2.46 bits per heavy atom. The van der Waals surface area contributed by atoms with Crippen molar-refractivity contribution in [3.63, 3.8) is 0 Å². The summed E-state index contributed by atoms with van der Waals surface area (Å²) < 4.78 is 0. The number of hydrogen-bond donors (Lipinski definition) is 0. The number of allylic oxidation sites excluding steroid dienone is 2. The highest BCUT2D eigenvalue weighted by molar-refractivity contribution is 5.02. The van der Waals surface area contributed by atoms with Crippen LogP contribution in [-0.4, -0.2) is 0 Å². The van der Waals surface area contributed by atoms with Crippen molar-refractivity contribution < 1.29 is 0 Å². The molecule has 72 valence electrons. The van der Waals surface area contributed by atoms with Crippen LogP contribution in [0.1, 0.15) is 39.5 Å². The van der Waals surface area contributed by atoms with Gasteiger partial charge in [0.25, 0.3) is 0 Å². The van der Waals surface area contributed by atoms with E-state index in [1.807, 2.05) is 0 Å². The molecule has 0 bridgehead atoms. The smallest absolute Gasteiger partial charge is 0.00911 e. The molecule has 1 rings (SSSR count). The SMILES string of the molecule is C=C(CC)CCC(C)C1C=C=CC1. The van der Waals surface area contributed by atoms with Gasteiger partial charge in [-0.3, -0.25) is 0 Å². The highest BCUT2D eigenvalue weighted by Crippen LogP contribution is 2.26. The third-order valence-corrected chi connectivity index (χ3v) is 3.00. The normalized spacial score (nSPS) is 22.2. The molecule has 0 nitrogen and oxygen atoms in total. The molecule has 0 aromatic rings. The van der Waals surface area contributed by atoms with Crippen LogP contribution in [0.25, 0.3) is 0 Å². The summed E-state index contributed by atoms with van der Waals surface area (Å²) in [5.74, 6) is 1.53. The first-order chi connectivity index (χ1) is 6.24. The average molecular weight is 176 g/mol. The van der Waals surface area contributed by atoms with Crippen LogP contribution in [0.15, 0.2) is 30.0 Å². The van der Waals surface area contributed by atoms with Gasteiger partial charge in [-0.15, -0.1) is 5.73 Å². The van der Waals surface area contributed by atoms with E-state index < -0.39 is 0 Å². The molecule has 2 unspecified atom stereocenters. The summed E-state index contributed by atoms with van der Waals surface area (Å²) in [6.45, 7) is 8.56. The summed E-state index contributed by atoms with van der Waals surface area (Å²) in [7, 11) is 0. The lowest BCUT2D eigenvalue weighted by molar-refractivity contribution is 0.408. The predicted molar refractivity (Wildman–Crippen MR) is 58.6 cm³/mol. The van der Waals surface area contributed by atoms with Crippen LogP contribution in [0.3, 0.4) is 0 Å². The topological polar surface area (TPSA) is 0 Å². The van der Waals surface area contributed by atoms with Gasteiger partial charge < -0.3 is 0 Å². The molecule has 0 amide bonds. The Balaban J connectivity index is 2.21. The third-order valence-electron chi connectivity index (χ3n) is 3.00. The molecule has 0 spiro atoms. The molecule has 13 heavy (non-hydrogen) atoms. The van der Waals surface area contributed by atoms with Crippen LogP contribution in [-0.2, 0) is 0 Å². The zero-order valence-electron chi connectivity index (χ0n) is 8.84. The first kappa shape index (κ1) is 10.3. The maximum absolute atomic E-state index is 4.04. The Labute approximate surface area is 82.0 Å². The van der Waals surface area contributed by atoms with E-state index in [4.69, 9.17) is 0 Å². The molecule has 0 N–H and O–H groups in total. The lowest BCUT2D eigenvalue weighted by Gasteiger charge is -2.17. The Hall–Kier alpha value is -0.740. The van der Waals surface area contributed by atoms with E-state index in [-0.39, 0.29) is 0 Å². The van der Waals surface area contributed by atoms with Crippen molar-refractivity contribution in [1.29, 1.82) is 0 Å². The average Bonchev–Trinajstić information content (AvgIpc) is 2.66. The maximum Gasteiger partial charge on any atom is -0.00911 e. The van der Waals surface area contributed by atoms with Gasteiger partial charge in [-0.2, -0.15) is 0 Å². The standard InChI is InChI=1S/C13H20/c1-4-11(2)9-10-12(3)13-7-5-6-8-13/h5,8,12-13H,2,4,7,9-10H2,1,3H3. The fraction of sp³-hybridized carbons (Fsp3) is 0.615. The van der Waals surface area contributed by atoms with Gasteiger partial charge in [-0.1, -0.05) is 26.0 Å². The van der Waals surface area contributed by atoms with Crippen molar-refractivity contribution in [2.24, 2.45) is 11.8 Å². The Morgan fingerprint density at radius 1 is 1.69 bits per heavy atom. The van der Waals surface area contributed by atoms with E-state index in [9.17, 15) is 0 Å². The van der Waals surface area contributed by atoms with Crippen LogP contribution in [0.2, 0.25) is 0 Å². The highest BCUT2D eigenvalue weighted by Gasteiger charge is 2.14. The second-order valence-electron chi connectivity index (χ2n) is 4.06. The van der Waals surface area contributed by atoms with Gasteiger partial charge >= 0.3 is 0 Å². The molecular formula is C13H20. The minimum Gasteiger partial charge on any atom is -0.129 e. The van der Waals surface area contributed by atoms with Crippen molar-refractivity contribution in [3.8, 4) is 0 Å². The first-order valence-electron chi connectivity index (χ1n) is 5.31. The van der Waals surface area contributed by atoms with Gasteiger partial charge in [0.15, 0.2) is 0 Å². The Kier molecular flexibility index (Phi) is 4.05. The van der Waals surface area contributed by atoms with Crippen molar-refractivity contribution in [2.75, 3.05) is 0 Å². The van der Waals surface area contributed by atoms with E-state index in [1.165, 1.54) is 24.8 Å². The first-order valence-corrected chi connectivity index (χ1v) is 5.31. The molecule has 0 saturated carbocycles. The molecule has 0 radical (unpaired) electrons. The lowest BCUT2D eigenvalue weighted by atomic mass is 9.88. The summed E-state index contributed by atoms with van der Waals surface area (Å²) in [6, 6.07) is 0. The second-order valence-corrected chi connectivity index (χ2v) is 4.06. The summed E-state index contributed by atoms with van der Waals surface area (Å²) in [5, 5.41) is 0. The van der Waals surface area contributed by atoms with Gasteiger partial charge in [0, 0.05) is 0 Å². The van der Waals surface area contributed by atoms with E-state index in [1.54, 1.807) is 0 Å². The summed E-state index contributed by atoms with van der Waals surface area (Å²) in [6.07, 6.45) is 9.17. The largest absolute Gasteiger partial charge is 0.129 e. The fourth-order valence-electron chi connectivity index (χ4n) is 1.68. The van der Waals surface area contributed by atoms with Gasteiger partial charge in [0.1, 0.15) is 0 Å². The quantitative estimate of drug-likeness (QED) is 0.437. The van der Waals surface area contributed by atoms with Crippen molar-refractivity contribution in [3.05, 3.63) is 30.0 Å². The van der Waals surface area contributed by atoms with E-state index in [2.05, 4.69) is 38.3 Å². The van der Waals surface area contributed by atoms with Crippen molar-refractivity contribution in [1.82, 2.24) is 0 Å². The fourth-order valence-corrected chi connectivity index (χ4v) is 1.68. The summed E-state index contributed by atoms with van der Waals surface area (Å²) >= 11 is 0. The minimum absolute atomic E-state index is 0.740. The van der Waals surface area contributed by atoms with Crippen LogP contribution in [0.5, 0.6) is 0 Å². The summed E-state index contributed by atoms with van der Waals surface area (Å²) in [5.41, 5.74) is 4.57. The number of rotatable bonds is 5. The molecular weight excluding hydrogens is 156 g/mol. The zero-order chi connectivity index (χ0) is 9.68. The third kappa shape index (κ3) is 3.24. The van der Waals surface area contributed by atoms with Gasteiger partial charge in [0.05, 0.1) is 0 Å². The van der Waals surface area contributed by atoms with Crippen LogP contribution >= 0.6 is 0 Å². The van der Waals surface area contributed by atoms with E-state index in [0.29, 0.717) is 0 Å². The second kappa shape index (κ2) is 5.09. The maximum atomic E-state index is 4.04. The Bertz CT molecular complexity index is 228. The van der Waals surface area contributed by atoms with E-state index in [0.717, 1.165) is 18.3 Å². The van der Waals surface area contributed by atoms with Gasteiger partial charge in [-0.05, 0) is 49.7 Å². The molecule has 1 aliphatic rings. The van der Waals surface area contributed by atoms with Crippen LogP contribution in [0, 0.1) is 11.8 Å². The monoisotopic (exact) mass is 176 g/mol. The molecule has 0 heteroatoms. The van der Waals surface area contributed by atoms with Crippen molar-refractivity contribution in [2.45, 2.75) is 39.5 Å². The van der Waals surface area contributed by atoms with Gasteiger partial charge in [-0.25, -0.2) is 0 Å². The van der Waals surface area contributed by atoms with Crippen LogP contribution < -0.4 is 0 Å². The molecule has 0 aliphatic heterocycles. The molecule has 0 heterocycles. The van der Waals surface area contributed by atoms with Gasteiger partial charge in [0.2, 0.25) is 0 Å². The van der Waals surface area contributed by atoms with Crippen LogP contribution in [0.4, 0.5) is 0 Å². The van der Waals surface area contributed by atoms with E-state index >= 15 is 0 Å². The van der Waals surface area contributed by atoms with Crippen molar-refractivity contribution >= 4 is 0 Å². The molecule has 0 saturated heterocycles. The zero-order valence-corrected chi connectivity index (χ0v) is 8.84. The highest BCUT2D eigenvalue weighted by atomic mass is 14.2. The predicted octanol–water partition coefficient (Wildman–Crippen LogP) is 4.10. The Morgan fingerprint density at radius 3 is 3.00 bits per heavy atom. The lowest BCUT2D eigenvalue weighted by Crippen LogP contribution is -2.06. The molecule has 2 atom stereocenters.